The Morgan fingerprint density at radius 3 is 2.41 bits per heavy atom. The van der Waals surface area contributed by atoms with Gasteiger partial charge in [0.05, 0.1) is 18.6 Å². The van der Waals surface area contributed by atoms with Gasteiger partial charge in [-0.2, -0.15) is 0 Å². The number of nitrogens with one attached hydrogen (secondary N) is 1. The molecule has 0 saturated carbocycles. The second-order valence-corrected chi connectivity index (χ2v) is 9.03. The number of sulfonamides is 1. The Kier molecular flexibility index (Phi) is 6.64. The van der Waals surface area contributed by atoms with E-state index in [0.717, 1.165) is 17.9 Å². The summed E-state index contributed by atoms with van der Waals surface area (Å²) >= 11 is 0. The van der Waals surface area contributed by atoms with E-state index >= 15 is 0 Å². The Hall–Kier alpha value is -2.74. The zero-order valence-corrected chi connectivity index (χ0v) is 17.6. The van der Waals surface area contributed by atoms with Crippen LogP contribution < -0.4 is 19.3 Å². The van der Waals surface area contributed by atoms with Gasteiger partial charge in [0.2, 0.25) is 10.0 Å². The van der Waals surface area contributed by atoms with E-state index in [4.69, 9.17) is 4.74 Å². The summed E-state index contributed by atoms with van der Waals surface area (Å²) in [5.74, 6) is 0.800. The number of carbonyl (C=O) groups excluding carboxylic acids is 1. The molecule has 2 aromatic carbocycles. The van der Waals surface area contributed by atoms with Gasteiger partial charge in [-0.05, 0) is 61.4 Å². The van der Waals surface area contributed by atoms with E-state index in [1.807, 2.05) is 36.2 Å². The van der Waals surface area contributed by atoms with E-state index in [2.05, 4.69) is 5.32 Å². The smallest absolute Gasteiger partial charge is 0.251 e. The van der Waals surface area contributed by atoms with Gasteiger partial charge in [-0.1, -0.05) is 0 Å². The third-order valence-corrected chi connectivity index (χ3v) is 6.88. The number of methoxy groups -OCH3 is 1. The van der Waals surface area contributed by atoms with Crippen molar-refractivity contribution in [1.29, 1.82) is 0 Å². The van der Waals surface area contributed by atoms with Crippen LogP contribution >= 0.6 is 0 Å². The molecule has 1 N–H and O–H groups in total. The molecule has 2 aromatic rings. The molecule has 0 bridgehead atoms. The molecule has 0 radical (unpaired) electrons. The van der Waals surface area contributed by atoms with Crippen LogP contribution in [0.2, 0.25) is 0 Å². The van der Waals surface area contributed by atoms with E-state index in [-0.39, 0.29) is 11.7 Å². The van der Waals surface area contributed by atoms with Crippen molar-refractivity contribution in [3.05, 3.63) is 54.1 Å². The second-order valence-electron chi connectivity index (χ2n) is 7.02. The largest absolute Gasteiger partial charge is 0.497 e. The van der Waals surface area contributed by atoms with Crippen molar-refractivity contribution in [2.75, 3.05) is 48.7 Å². The van der Waals surface area contributed by atoms with Crippen molar-refractivity contribution in [1.82, 2.24) is 5.32 Å². The van der Waals surface area contributed by atoms with Crippen LogP contribution in [0.5, 0.6) is 5.75 Å². The minimum Gasteiger partial charge on any atom is -0.497 e. The first-order valence-corrected chi connectivity index (χ1v) is 11.3. The molecule has 0 spiro atoms. The van der Waals surface area contributed by atoms with Crippen LogP contribution in [0, 0.1) is 0 Å². The third-order valence-electron chi connectivity index (χ3n) is 5.01. The highest BCUT2D eigenvalue weighted by Crippen LogP contribution is 2.23. The first-order valence-electron chi connectivity index (χ1n) is 9.64. The second kappa shape index (κ2) is 9.17. The summed E-state index contributed by atoms with van der Waals surface area (Å²) in [6.45, 7) is 1.64. The van der Waals surface area contributed by atoms with Crippen LogP contribution in [-0.2, 0) is 10.0 Å². The van der Waals surface area contributed by atoms with Crippen molar-refractivity contribution < 1.29 is 17.9 Å². The lowest BCUT2D eigenvalue weighted by molar-refractivity contribution is 0.0954. The molecule has 1 aliphatic rings. The number of nitrogens with zero attached hydrogens (tertiary/aromatic N) is 2. The van der Waals surface area contributed by atoms with Gasteiger partial charge in [-0.3, -0.25) is 9.10 Å². The quantitative estimate of drug-likeness (QED) is 0.749. The molecule has 0 aromatic heterocycles. The van der Waals surface area contributed by atoms with Crippen molar-refractivity contribution in [2.24, 2.45) is 0 Å². The van der Waals surface area contributed by atoms with Crippen molar-refractivity contribution >= 4 is 27.3 Å². The van der Waals surface area contributed by atoms with Gasteiger partial charge in [0.1, 0.15) is 5.75 Å². The molecule has 0 aliphatic carbocycles. The molecular weight excluding hydrogens is 390 g/mol. The van der Waals surface area contributed by atoms with Crippen LogP contribution in [0.1, 0.15) is 23.2 Å². The van der Waals surface area contributed by atoms with Gasteiger partial charge in [-0.15, -0.1) is 0 Å². The zero-order valence-electron chi connectivity index (χ0n) is 16.8. The number of carbonyl (C=O) groups is 1. The summed E-state index contributed by atoms with van der Waals surface area (Å²) < 4.78 is 31.0. The lowest BCUT2D eigenvalue weighted by Crippen LogP contribution is -2.37. The minimum atomic E-state index is -3.24. The van der Waals surface area contributed by atoms with Crippen LogP contribution in [0.15, 0.2) is 48.5 Å². The van der Waals surface area contributed by atoms with Crippen molar-refractivity contribution in [3.63, 3.8) is 0 Å². The highest BCUT2D eigenvalue weighted by molar-refractivity contribution is 7.92. The molecule has 1 saturated heterocycles. The molecule has 8 heteroatoms. The summed E-state index contributed by atoms with van der Waals surface area (Å²) in [5.41, 5.74) is 2.16. The van der Waals surface area contributed by atoms with Crippen molar-refractivity contribution in [3.8, 4) is 5.75 Å². The van der Waals surface area contributed by atoms with E-state index in [1.165, 1.54) is 4.31 Å². The first kappa shape index (κ1) is 21.0. The monoisotopic (exact) mass is 417 g/mol. The Balaban J connectivity index is 1.52. The number of amides is 1. The predicted molar refractivity (Wildman–Crippen MR) is 115 cm³/mol. The van der Waals surface area contributed by atoms with Crippen molar-refractivity contribution in [2.45, 2.75) is 12.8 Å². The molecule has 0 atom stereocenters. The van der Waals surface area contributed by atoms with Gasteiger partial charge < -0.3 is 15.0 Å². The average Bonchev–Trinajstić information content (AvgIpc) is 2.73. The third kappa shape index (κ3) is 5.20. The van der Waals surface area contributed by atoms with Gasteiger partial charge in [0, 0.05) is 37.9 Å². The van der Waals surface area contributed by atoms with Crippen LogP contribution in [0.25, 0.3) is 0 Å². The maximum Gasteiger partial charge on any atom is 0.251 e. The zero-order chi connectivity index (χ0) is 20.9. The number of hydrogen-bond acceptors (Lipinski definition) is 5. The van der Waals surface area contributed by atoms with Gasteiger partial charge in [-0.25, -0.2) is 8.42 Å². The standard InChI is InChI=1S/C21H27N3O4S/c1-23(18-9-11-20(28-2)12-10-18)15-13-22-21(25)17-5-7-19(8-6-17)24-14-3-4-16-29(24,26)27/h5-12H,3-4,13-16H2,1-2H3,(H,22,25). The van der Waals surface area contributed by atoms with Gasteiger partial charge >= 0.3 is 0 Å². The van der Waals surface area contributed by atoms with Gasteiger partial charge in [0.25, 0.3) is 5.91 Å². The van der Waals surface area contributed by atoms with Gasteiger partial charge in [0.15, 0.2) is 0 Å². The van der Waals surface area contributed by atoms with Crippen LogP contribution in [0.4, 0.5) is 11.4 Å². The molecule has 156 valence electrons. The number of hydrogen-bond donors (Lipinski definition) is 1. The minimum absolute atomic E-state index is 0.178. The van der Waals surface area contributed by atoms with Crippen LogP contribution in [0.3, 0.4) is 0 Å². The molecule has 1 amide bonds. The Morgan fingerprint density at radius 2 is 1.79 bits per heavy atom. The molecule has 7 nitrogen and oxygen atoms in total. The number of rotatable bonds is 7. The first-order chi connectivity index (χ1) is 13.9. The molecule has 0 unspecified atom stereocenters. The lowest BCUT2D eigenvalue weighted by atomic mass is 10.2. The average molecular weight is 418 g/mol. The molecule has 3 rings (SSSR count). The summed E-state index contributed by atoms with van der Waals surface area (Å²) in [5, 5.41) is 2.90. The SMILES string of the molecule is COc1ccc(N(C)CCNC(=O)c2ccc(N3CCCCS3(=O)=O)cc2)cc1. The molecular formula is C21H27N3O4S. The number of likely N-dealkylation sites (N-methyl/N-ethyl adjacent to an activating group) is 1. The molecule has 1 heterocycles. The molecule has 29 heavy (non-hydrogen) atoms. The Bertz CT molecular complexity index is 927. The Morgan fingerprint density at radius 1 is 1.10 bits per heavy atom. The summed E-state index contributed by atoms with van der Waals surface area (Å²) in [6, 6.07) is 14.5. The predicted octanol–water partition coefficient (Wildman–Crippen LogP) is 2.49. The fourth-order valence-corrected chi connectivity index (χ4v) is 4.90. The summed E-state index contributed by atoms with van der Waals surface area (Å²) in [7, 11) is 0.346. The fraction of sp³-hybridized carbons (Fsp3) is 0.381. The summed E-state index contributed by atoms with van der Waals surface area (Å²) in [6.07, 6.45) is 1.55. The maximum absolute atomic E-state index is 12.4. The molecule has 1 fully saturated rings. The normalized spacial score (nSPS) is 15.6. The highest BCUT2D eigenvalue weighted by Gasteiger charge is 2.25. The number of ether oxygens (including phenoxy) is 1. The highest BCUT2D eigenvalue weighted by atomic mass is 32.2. The number of anilines is 2. The maximum atomic E-state index is 12.4. The fourth-order valence-electron chi connectivity index (χ4n) is 3.26. The Labute approximate surface area is 172 Å². The summed E-state index contributed by atoms with van der Waals surface area (Å²) in [4.78, 5) is 14.4. The lowest BCUT2D eigenvalue weighted by Gasteiger charge is -2.28. The topological polar surface area (TPSA) is 79.0 Å². The van der Waals surface area contributed by atoms with E-state index in [9.17, 15) is 13.2 Å². The molecule has 1 aliphatic heterocycles. The van der Waals surface area contributed by atoms with E-state index < -0.39 is 10.0 Å². The number of benzene rings is 2. The van der Waals surface area contributed by atoms with E-state index in [1.54, 1.807) is 31.4 Å². The van der Waals surface area contributed by atoms with Crippen LogP contribution in [-0.4, -0.2) is 53.9 Å². The van der Waals surface area contributed by atoms with E-state index in [0.29, 0.717) is 37.3 Å².